The molecule has 0 spiro atoms. The van der Waals surface area contributed by atoms with E-state index in [0.717, 1.165) is 18.9 Å². The van der Waals surface area contributed by atoms with Crippen LogP contribution in [0.4, 0.5) is 0 Å². The molecule has 1 saturated heterocycles. The molecule has 1 aliphatic carbocycles. The number of nitrogens with two attached hydrogens (primary N) is 1. The molecule has 1 amide bonds. The molecule has 0 aromatic heterocycles. The van der Waals surface area contributed by atoms with Gasteiger partial charge in [-0.1, -0.05) is 26.2 Å². The highest BCUT2D eigenvalue weighted by Gasteiger charge is 2.35. The third-order valence-corrected chi connectivity index (χ3v) is 4.94. The van der Waals surface area contributed by atoms with E-state index >= 15 is 0 Å². The van der Waals surface area contributed by atoms with Crippen molar-refractivity contribution in [1.29, 1.82) is 0 Å². The Bertz CT molecular complexity index is 274. The molecule has 2 fully saturated rings. The molecule has 18 heavy (non-hydrogen) atoms. The van der Waals surface area contributed by atoms with Gasteiger partial charge in [-0.3, -0.25) is 4.79 Å². The molecule has 0 radical (unpaired) electrons. The Morgan fingerprint density at radius 1 is 1.28 bits per heavy atom. The van der Waals surface area contributed by atoms with E-state index < -0.39 is 0 Å². The maximum atomic E-state index is 12.5. The van der Waals surface area contributed by atoms with E-state index in [2.05, 4.69) is 11.8 Å². The first-order valence-corrected chi connectivity index (χ1v) is 7.75. The van der Waals surface area contributed by atoms with Gasteiger partial charge in [-0.15, -0.1) is 0 Å². The second kappa shape index (κ2) is 6.55. The lowest BCUT2D eigenvalue weighted by molar-refractivity contribution is -0.138. The molecule has 0 bridgehead atoms. The summed E-state index contributed by atoms with van der Waals surface area (Å²) in [5, 5.41) is 0. The summed E-state index contributed by atoms with van der Waals surface area (Å²) in [7, 11) is 0. The van der Waals surface area contributed by atoms with Crippen molar-refractivity contribution >= 4 is 5.91 Å². The lowest BCUT2D eigenvalue weighted by Gasteiger charge is -2.44. The van der Waals surface area contributed by atoms with Crippen molar-refractivity contribution in [2.45, 2.75) is 64.3 Å². The lowest BCUT2D eigenvalue weighted by Crippen LogP contribution is -2.50. The molecule has 2 aliphatic rings. The number of carbonyl (C=O) groups is 1. The highest BCUT2D eigenvalue weighted by molar-refractivity contribution is 5.77. The molecule has 0 aromatic carbocycles. The van der Waals surface area contributed by atoms with Gasteiger partial charge >= 0.3 is 0 Å². The van der Waals surface area contributed by atoms with Crippen LogP contribution in [-0.4, -0.2) is 29.9 Å². The number of hydrogen-bond donors (Lipinski definition) is 1. The van der Waals surface area contributed by atoms with Gasteiger partial charge in [-0.05, 0) is 44.1 Å². The number of carbonyl (C=O) groups excluding carboxylic acids is 1. The topological polar surface area (TPSA) is 46.3 Å². The van der Waals surface area contributed by atoms with Crippen LogP contribution in [-0.2, 0) is 4.79 Å². The molecular formula is C15H28N2O. The second-order valence-corrected chi connectivity index (χ2v) is 6.06. The molecule has 0 aromatic rings. The third-order valence-electron chi connectivity index (χ3n) is 4.94. The van der Waals surface area contributed by atoms with Crippen LogP contribution in [0.1, 0.15) is 58.3 Å². The number of hydrogen-bond acceptors (Lipinski definition) is 2. The first-order valence-electron chi connectivity index (χ1n) is 7.75. The van der Waals surface area contributed by atoms with Crippen LogP contribution < -0.4 is 5.73 Å². The maximum absolute atomic E-state index is 12.5. The Kier molecular flexibility index (Phi) is 5.04. The lowest BCUT2D eigenvalue weighted by atomic mass is 9.78. The van der Waals surface area contributed by atoms with Gasteiger partial charge in [0.25, 0.3) is 0 Å². The number of likely N-dealkylation sites (tertiary alicyclic amines) is 1. The van der Waals surface area contributed by atoms with Gasteiger partial charge in [-0.25, -0.2) is 0 Å². The third kappa shape index (κ3) is 3.05. The number of nitrogens with zero attached hydrogens (tertiary/aromatic N) is 1. The van der Waals surface area contributed by atoms with Crippen molar-refractivity contribution in [2.24, 2.45) is 17.6 Å². The van der Waals surface area contributed by atoms with Crippen LogP contribution in [0.15, 0.2) is 0 Å². The number of piperidine rings is 1. The van der Waals surface area contributed by atoms with Gasteiger partial charge in [0.1, 0.15) is 0 Å². The van der Waals surface area contributed by atoms with Gasteiger partial charge in [-0.2, -0.15) is 0 Å². The summed E-state index contributed by atoms with van der Waals surface area (Å²) >= 11 is 0. The standard InChI is InChI=1S/C15H28N2O/c1-2-12(11-16)10-15(18)17-9-5-7-13-6-3-4-8-14(13)17/h12-14H,2-11,16H2,1H3/t12?,13-,14-/m1/s1. The number of rotatable bonds is 4. The Labute approximate surface area is 111 Å². The summed E-state index contributed by atoms with van der Waals surface area (Å²) in [6.45, 7) is 3.76. The van der Waals surface area contributed by atoms with Gasteiger partial charge in [0.05, 0.1) is 0 Å². The van der Waals surface area contributed by atoms with Crippen molar-refractivity contribution in [3.8, 4) is 0 Å². The van der Waals surface area contributed by atoms with Crippen LogP contribution in [0.5, 0.6) is 0 Å². The van der Waals surface area contributed by atoms with Crippen molar-refractivity contribution in [3.05, 3.63) is 0 Å². The van der Waals surface area contributed by atoms with Gasteiger partial charge in [0, 0.05) is 19.0 Å². The quantitative estimate of drug-likeness (QED) is 0.835. The minimum absolute atomic E-state index is 0.365. The van der Waals surface area contributed by atoms with E-state index in [-0.39, 0.29) is 0 Å². The molecule has 3 nitrogen and oxygen atoms in total. The van der Waals surface area contributed by atoms with E-state index in [1.807, 2.05) is 0 Å². The van der Waals surface area contributed by atoms with Gasteiger partial charge < -0.3 is 10.6 Å². The zero-order valence-corrected chi connectivity index (χ0v) is 11.7. The fraction of sp³-hybridized carbons (Fsp3) is 0.933. The molecule has 1 saturated carbocycles. The fourth-order valence-electron chi connectivity index (χ4n) is 3.69. The predicted molar refractivity (Wildman–Crippen MR) is 74.1 cm³/mol. The normalized spacial score (nSPS) is 29.8. The monoisotopic (exact) mass is 252 g/mol. The van der Waals surface area contributed by atoms with E-state index in [1.54, 1.807) is 0 Å². The average molecular weight is 252 g/mol. The van der Waals surface area contributed by atoms with Crippen molar-refractivity contribution in [2.75, 3.05) is 13.1 Å². The van der Waals surface area contributed by atoms with E-state index in [0.29, 0.717) is 30.8 Å². The number of amides is 1. The Morgan fingerprint density at radius 2 is 2.00 bits per heavy atom. The molecule has 1 heterocycles. The molecule has 2 rings (SSSR count). The molecule has 3 atom stereocenters. The zero-order valence-electron chi connectivity index (χ0n) is 11.7. The zero-order chi connectivity index (χ0) is 13.0. The highest BCUT2D eigenvalue weighted by atomic mass is 16.2. The first kappa shape index (κ1) is 13.9. The SMILES string of the molecule is CCC(CN)CC(=O)N1CCC[C@H]2CCCC[C@H]21. The highest BCUT2D eigenvalue weighted by Crippen LogP contribution is 2.35. The van der Waals surface area contributed by atoms with E-state index in [9.17, 15) is 4.79 Å². The van der Waals surface area contributed by atoms with Crippen LogP contribution in [0.2, 0.25) is 0 Å². The van der Waals surface area contributed by atoms with E-state index in [1.165, 1.54) is 38.5 Å². The summed E-state index contributed by atoms with van der Waals surface area (Å²) in [6.07, 6.45) is 9.45. The smallest absolute Gasteiger partial charge is 0.223 e. The molecule has 1 aliphatic heterocycles. The minimum Gasteiger partial charge on any atom is -0.339 e. The first-order chi connectivity index (χ1) is 8.76. The van der Waals surface area contributed by atoms with Crippen LogP contribution >= 0.6 is 0 Å². The summed E-state index contributed by atoms with van der Waals surface area (Å²) in [5.41, 5.74) is 5.72. The Balaban J connectivity index is 1.95. The second-order valence-electron chi connectivity index (χ2n) is 6.06. The Hall–Kier alpha value is -0.570. The van der Waals surface area contributed by atoms with Crippen molar-refractivity contribution < 1.29 is 4.79 Å². The van der Waals surface area contributed by atoms with Crippen LogP contribution in [0, 0.1) is 11.8 Å². The predicted octanol–water partition coefficient (Wildman–Crippen LogP) is 2.54. The average Bonchev–Trinajstić information content (AvgIpc) is 2.43. The molecule has 104 valence electrons. The molecule has 3 heteroatoms. The van der Waals surface area contributed by atoms with Gasteiger partial charge in [0.15, 0.2) is 0 Å². The van der Waals surface area contributed by atoms with Crippen molar-refractivity contribution in [3.63, 3.8) is 0 Å². The Morgan fingerprint density at radius 3 is 2.72 bits per heavy atom. The van der Waals surface area contributed by atoms with Gasteiger partial charge in [0.2, 0.25) is 5.91 Å². The van der Waals surface area contributed by atoms with Crippen molar-refractivity contribution in [1.82, 2.24) is 4.90 Å². The molecule has 2 N–H and O–H groups in total. The summed E-state index contributed by atoms with van der Waals surface area (Å²) in [5.74, 6) is 1.53. The molecule has 1 unspecified atom stereocenters. The minimum atomic E-state index is 0.365. The molecular weight excluding hydrogens is 224 g/mol. The van der Waals surface area contributed by atoms with E-state index in [4.69, 9.17) is 5.73 Å². The number of fused-ring (bicyclic) bond motifs is 1. The summed E-state index contributed by atoms with van der Waals surface area (Å²) in [6, 6.07) is 0.551. The largest absolute Gasteiger partial charge is 0.339 e. The van der Waals surface area contributed by atoms with Crippen LogP contribution in [0.25, 0.3) is 0 Å². The summed E-state index contributed by atoms with van der Waals surface area (Å²) in [4.78, 5) is 14.7. The fourth-order valence-corrected chi connectivity index (χ4v) is 3.69. The maximum Gasteiger partial charge on any atom is 0.223 e. The van der Waals surface area contributed by atoms with Crippen LogP contribution in [0.3, 0.4) is 0 Å². The summed E-state index contributed by atoms with van der Waals surface area (Å²) < 4.78 is 0.